The minimum absolute atomic E-state index is 0.149. The molecule has 0 saturated carbocycles. The number of amides is 1. The van der Waals surface area contributed by atoms with Crippen molar-refractivity contribution in [2.75, 3.05) is 18.6 Å². The zero-order valence-corrected chi connectivity index (χ0v) is 20.4. The van der Waals surface area contributed by atoms with E-state index in [-0.39, 0.29) is 19.1 Å². The first kappa shape index (κ1) is 25.0. The molecule has 1 amide bonds. The Kier molecular flexibility index (Phi) is 7.21. The maximum absolute atomic E-state index is 12.4. The summed E-state index contributed by atoms with van der Waals surface area (Å²) in [7, 11) is 1.64. The van der Waals surface area contributed by atoms with Gasteiger partial charge >= 0.3 is 5.69 Å². The minimum atomic E-state index is -0.519. The number of aromatic nitrogens is 2. The number of nitrogens with zero attached hydrogens (tertiary/aromatic N) is 3. The largest absolute Gasteiger partial charge is 0.488 e. The summed E-state index contributed by atoms with van der Waals surface area (Å²) in [5, 5.41) is 11.0. The number of fused-ring (bicyclic) bond motifs is 1. The van der Waals surface area contributed by atoms with Crippen molar-refractivity contribution in [2.24, 2.45) is 0 Å². The van der Waals surface area contributed by atoms with E-state index in [0.717, 1.165) is 16.3 Å². The van der Waals surface area contributed by atoms with Crippen LogP contribution >= 0.6 is 0 Å². The molecule has 0 aliphatic carbocycles. The predicted molar refractivity (Wildman–Crippen MR) is 140 cm³/mol. The maximum Gasteiger partial charge on any atom is 0.328 e. The number of rotatable bonds is 8. The molecule has 0 bridgehead atoms. The van der Waals surface area contributed by atoms with Crippen molar-refractivity contribution in [3.05, 3.63) is 105 Å². The van der Waals surface area contributed by atoms with Crippen LogP contribution in [0.2, 0.25) is 0 Å². The average molecular weight is 497 g/mol. The van der Waals surface area contributed by atoms with Crippen molar-refractivity contribution in [3.8, 4) is 23.3 Å². The Hall–Kier alpha value is -5.10. The Morgan fingerprint density at radius 3 is 2.57 bits per heavy atom. The second kappa shape index (κ2) is 10.7. The van der Waals surface area contributed by atoms with Crippen molar-refractivity contribution >= 4 is 22.4 Å². The highest BCUT2D eigenvalue weighted by Crippen LogP contribution is 2.40. The lowest BCUT2D eigenvalue weighted by atomic mass is 9.99. The molecular formula is C28H24N4O5. The van der Waals surface area contributed by atoms with Gasteiger partial charge in [0, 0.05) is 30.8 Å². The van der Waals surface area contributed by atoms with Crippen LogP contribution in [-0.4, -0.2) is 29.1 Å². The highest BCUT2D eigenvalue weighted by Gasteiger charge is 2.18. The van der Waals surface area contributed by atoms with E-state index < -0.39 is 11.2 Å². The van der Waals surface area contributed by atoms with Gasteiger partial charge in [-0.2, -0.15) is 5.26 Å². The zero-order valence-electron chi connectivity index (χ0n) is 20.4. The predicted octanol–water partition coefficient (Wildman–Crippen LogP) is 3.89. The van der Waals surface area contributed by atoms with Crippen molar-refractivity contribution in [1.29, 1.82) is 5.26 Å². The fraction of sp³-hybridized carbons (Fsp3) is 0.143. The van der Waals surface area contributed by atoms with Crippen molar-refractivity contribution in [1.82, 2.24) is 9.55 Å². The highest BCUT2D eigenvalue weighted by molar-refractivity contribution is 6.08. The van der Waals surface area contributed by atoms with E-state index in [2.05, 4.69) is 17.6 Å². The summed E-state index contributed by atoms with van der Waals surface area (Å²) in [4.78, 5) is 39.3. The summed E-state index contributed by atoms with van der Waals surface area (Å²) in [6.45, 7) is 5.82. The Balaban J connectivity index is 1.68. The van der Waals surface area contributed by atoms with E-state index in [1.165, 1.54) is 27.8 Å². The van der Waals surface area contributed by atoms with Gasteiger partial charge in [-0.1, -0.05) is 24.8 Å². The van der Waals surface area contributed by atoms with Gasteiger partial charge in [-0.25, -0.2) is 4.79 Å². The summed E-state index contributed by atoms with van der Waals surface area (Å²) in [6, 6.07) is 17.5. The lowest BCUT2D eigenvalue weighted by Gasteiger charge is -2.22. The molecule has 9 heteroatoms. The van der Waals surface area contributed by atoms with Gasteiger partial charge in [0.25, 0.3) is 5.56 Å². The number of carbonyl (C=O) groups excluding carboxylic acids is 1. The van der Waals surface area contributed by atoms with Crippen LogP contribution in [0.3, 0.4) is 0 Å². The number of H-pyrrole nitrogens is 1. The number of aromatic amines is 1. The van der Waals surface area contributed by atoms with Crippen LogP contribution in [0.15, 0.2) is 83.0 Å². The number of nitriles is 1. The summed E-state index contributed by atoms with van der Waals surface area (Å²) in [5.74, 6) is 1.07. The van der Waals surface area contributed by atoms with Gasteiger partial charge in [0.15, 0.2) is 11.5 Å². The molecule has 4 rings (SSSR count). The average Bonchev–Trinajstić information content (AvgIpc) is 2.91. The molecule has 0 unspecified atom stereocenters. The van der Waals surface area contributed by atoms with Crippen LogP contribution < -0.4 is 25.6 Å². The van der Waals surface area contributed by atoms with Crippen LogP contribution in [0.5, 0.6) is 17.2 Å². The molecule has 0 atom stereocenters. The fourth-order valence-electron chi connectivity index (χ4n) is 3.88. The molecule has 0 aliphatic heterocycles. The Labute approximate surface area is 212 Å². The number of likely N-dealkylation sites (N-methyl/N-ethyl adjacent to an activating group) is 1. The summed E-state index contributed by atoms with van der Waals surface area (Å²) < 4.78 is 13.5. The number of anilines is 1. The Morgan fingerprint density at radius 2 is 1.86 bits per heavy atom. The molecule has 0 fully saturated rings. The van der Waals surface area contributed by atoms with Crippen molar-refractivity contribution in [3.63, 3.8) is 0 Å². The topological polar surface area (TPSA) is 117 Å². The molecule has 1 aromatic heterocycles. The quantitative estimate of drug-likeness (QED) is 0.370. The van der Waals surface area contributed by atoms with Gasteiger partial charge in [-0.05, 0) is 48.2 Å². The fourth-order valence-corrected chi connectivity index (χ4v) is 3.88. The molecule has 1 heterocycles. The third-order valence-corrected chi connectivity index (χ3v) is 5.89. The standard InChI is InChI=1S/C28H24N4O5/c1-4-27(34)31(3)22-16-25(18(2)21-15-19(17-29)9-10-20(21)22)37-24-8-6-5-7-23(24)36-14-13-32-12-11-26(33)30-28(32)35/h4-12,15-16H,1,13-14H2,2-3H3,(H,30,33,35). The van der Waals surface area contributed by atoms with Gasteiger partial charge in [-0.15, -0.1) is 0 Å². The van der Waals surface area contributed by atoms with Crippen LogP contribution in [0, 0.1) is 18.3 Å². The Morgan fingerprint density at radius 1 is 1.11 bits per heavy atom. The number of carbonyl (C=O) groups is 1. The molecule has 3 aromatic carbocycles. The lowest BCUT2D eigenvalue weighted by Crippen LogP contribution is -2.30. The van der Waals surface area contributed by atoms with Crippen molar-refractivity contribution < 1.29 is 14.3 Å². The number of benzene rings is 3. The highest BCUT2D eigenvalue weighted by atomic mass is 16.5. The molecule has 0 radical (unpaired) electrons. The van der Waals surface area contributed by atoms with Crippen LogP contribution in [0.4, 0.5) is 5.69 Å². The van der Waals surface area contributed by atoms with E-state index in [1.54, 1.807) is 49.5 Å². The van der Waals surface area contributed by atoms with Gasteiger partial charge in [0.1, 0.15) is 12.4 Å². The Bertz CT molecular complexity index is 1660. The lowest BCUT2D eigenvalue weighted by molar-refractivity contribution is -0.113. The molecule has 1 N–H and O–H groups in total. The molecular weight excluding hydrogens is 472 g/mol. The van der Waals surface area contributed by atoms with Crippen LogP contribution in [0.1, 0.15) is 11.1 Å². The van der Waals surface area contributed by atoms with E-state index in [4.69, 9.17) is 9.47 Å². The SMILES string of the molecule is C=CC(=O)N(C)c1cc(Oc2ccccc2OCCn2ccc(=O)[nH]c2=O)c(C)c2cc(C#N)ccc12. The normalized spacial score (nSPS) is 10.5. The molecule has 9 nitrogen and oxygen atoms in total. The number of hydrogen-bond acceptors (Lipinski definition) is 6. The van der Waals surface area contributed by atoms with E-state index in [0.29, 0.717) is 28.5 Å². The molecule has 0 aliphatic rings. The molecule has 186 valence electrons. The van der Waals surface area contributed by atoms with Crippen LogP contribution in [0.25, 0.3) is 10.8 Å². The monoisotopic (exact) mass is 496 g/mol. The zero-order chi connectivity index (χ0) is 26.5. The number of nitrogens with one attached hydrogen (secondary N) is 1. The smallest absolute Gasteiger partial charge is 0.328 e. The third kappa shape index (κ3) is 5.28. The van der Waals surface area contributed by atoms with Gasteiger partial charge in [0.05, 0.1) is 23.9 Å². The first-order chi connectivity index (χ1) is 17.8. The number of aryl methyl sites for hydroxylation is 1. The van der Waals surface area contributed by atoms with Gasteiger partial charge in [0.2, 0.25) is 5.91 Å². The van der Waals surface area contributed by atoms with E-state index >= 15 is 0 Å². The van der Waals surface area contributed by atoms with Gasteiger partial charge in [-0.3, -0.25) is 19.1 Å². The molecule has 37 heavy (non-hydrogen) atoms. The van der Waals surface area contributed by atoms with E-state index in [1.807, 2.05) is 13.0 Å². The summed E-state index contributed by atoms with van der Waals surface area (Å²) in [6.07, 6.45) is 2.64. The third-order valence-electron chi connectivity index (χ3n) is 5.89. The number of para-hydroxylation sites is 2. The number of ether oxygens (including phenoxy) is 2. The molecule has 4 aromatic rings. The first-order valence-corrected chi connectivity index (χ1v) is 11.4. The summed E-state index contributed by atoms with van der Waals surface area (Å²) in [5.41, 5.74) is 0.881. The molecule has 0 spiro atoms. The number of hydrogen-bond donors (Lipinski definition) is 1. The molecule has 0 saturated heterocycles. The van der Waals surface area contributed by atoms with E-state index in [9.17, 15) is 19.6 Å². The van der Waals surface area contributed by atoms with Crippen molar-refractivity contribution in [2.45, 2.75) is 13.5 Å². The van der Waals surface area contributed by atoms with Gasteiger partial charge < -0.3 is 14.4 Å². The second-order valence-corrected chi connectivity index (χ2v) is 8.19. The van der Waals surface area contributed by atoms with Crippen LogP contribution in [-0.2, 0) is 11.3 Å². The second-order valence-electron chi connectivity index (χ2n) is 8.19. The minimum Gasteiger partial charge on any atom is -0.488 e. The maximum atomic E-state index is 12.4. The summed E-state index contributed by atoms with van der Waals surface area (Å²) >= 11 is 0. The first-order valence-electron chi connectivity index (χ1n) is 11.4.